The van der Waals surface area contributed by atoms with E-state index in [9.17, 15) is 8.42 Å². The average Bonchev–Trinajstić information content (AvgIpc) is 3.19. The van der Waals surface area contributed by atoms with Crippen LogP contribution in [0.2, 0.25) is 0 Å². The van der Waals surface area contributed by atoms with Crippen LogP contribution in [0.25, 0.3) is 0 Å². The fourth-order valence-electron chi connectivity index (χ4n) is 2.53. The largest absolute Gasteiger partial charge is 0.314 e. The zero-order valence-electron chi connectivity index (χ0n) is 12.3. The molecule has 2 fully saturated rings. The summed E-state index contributed by atoms with van der Waals surface area (Å²) in [5, 5.41) is 3.36. The average molecular weight is 288 g/mol. The first-order valence-electron chi connectivity index (χ1n) is 7.64. The third-order valence-electron chi connectivity index (χ3n) is 4.39. The van der Waals surface area contributed by atoms with E-state index in [1.165, 1.54) is 25.7 Å². The molecule has 0 unspecified atom stereocenters. The molecule has 0 aromatic carbocycles. The van der Waals surface area contributed by atoms with E-state index in [2.05, 4.69) is 10.2 Å². The topological polar surface area (TPSA) is 49.4 Å². The normalized spacial score (nSPS) is 23.1. The Morgan fingerprint density at radius 2 is 1.79 bits per heavy atom. The molecule has 5 heteroatoms. The summed E-state index contributed by atoms with van der Waals surface area (Å²) in [6, 6.07) is 0.800. The van der Waals surface area contributed by atoms with Crippen LogP contribution in [0.1, 0.15) is 39.5 Å². The molecule has 0 aromatic heterocycles. The van der Waals surface area contributed by atoms with Crippen LogP contribution in [0.3, 0.4) is 0 Å². The van der Waals surface area contributed by atoms with E-state index in [0.717, 1.165) is 31.6 Å². The van der Waals surface area contributed by atoms with Crippen molar-refractivity contribution in [3.63, 3.8) is 0 Å². The first-order chi connectivity index (χ1) is 8.97. The molecule has 0 atom stereocenters. The van der Waals surface area contributed by atoms with Crippen LogP contribution in [-0.4, -0.2) is 56.5 Å². The minimum Gasteiger partial charge on any atom is -0.314 e. The van der Waals surface area contributed by atoms with Crippen LogP contribution in [0.15, 0.2) is 0 Å². The maximum atomic E-state index is 11.8. The highest BCUT2D eigenvalue weighted by molar-refractivity contribution is 7.92. The highest BCUT2D eigenvalue weighted by Crippen LogP contribution is 2.21. The lowest BCUT2D eigenvalue weighted by Crippen LogP contribution is -2.40. The van der Waals surface area contributed by atoms with Crippen LogP contribution in [0.4, 0.5) is 0 Å². The third kappa shape index (κ3) is 5.04. The van der Waals surface area contributed by atoms with Crippen LogP contribution < -0.4 is 5.32 Å². The molecular formula is C14H28N2O2S. The predicted octanol–water partition coefficient (Wildman–Crippen LogP) is 1.27. The van der Waals surface area contributed by atoms with Crippen LogP contribution in [0, 0.1) is 5.92 Å². The molecular weight excluding hydrogens is 260 g/mol. The number of hydrogen-bond donors (Lipinski definition) is 1. The van der Waals surface area contributed by atoms with E-state index < -0.39 is 9.84 Å². The molecule has 1 N–H and O–H groups in total. The molecule has 4 nitrogen and oxygen atoms in total. The molecule has 19 heavy (non-hydrogen) atoms. The van der Waals surface area contributed by atoms with Crippen LogP contribution in [-0.2, 0) is 9.84 Å². The van der Waals surface area contributed by atoms with Gasteiger partial charge in [0.15, 0.2) is 9.84 Å². The molecule has 1 saturated heterocycles. The molecule has 2 rings (SSSR count). The Balaban J connectivity index is 1.62. The fourth-order valence-corrected chi connectivity index (χ4v) is 3.51. The van der Waals surface area contributed by atoms with Gasteiger partial charge in [0.05, 0.1) is 11.0 Å². The molecule has 0 aromatic rings. The maximum Gasteiger partial charge on any atom is 0.153 e. The highest BCUT2D eigenvalue weighted by atomic mass is 32.2. The maximum absolute atomic E-state index is 11.8. The van der Waals surface area contributed by atoms with E-state index in [-0.39, 0.29) is 5.25 Å². The van der Waals surface area contributed by atoms with Gasteiger partial charge in [0, 0.05) is 12.6 Å². The predicted molar refractivity (Wildman–Crippen MR) is 79.1 cm³/mol. The summed E-state index contributed by atoms with van der Waals surface area (Å²) >= 11 is 0. The summed E-state index contributed by atoms with van der Waals surface area (Å²) < 4.78 is 23.6. The zero-order valence-corrected chi connectivity index (χ0v) is 13.1. The lowest BCUT2D eigenvalue weighted by molar-refractivity contribution is 0.190. The Morgan fingerprint density at radius 1 is 1.16 bits per heavy atom. The lowest BCUT2D eigenvalue weighted by atomic mass is 9.97. The second-order valence-electron chi connectivity index (χ2n) is 6.38. The van der Waals surface area contributed by atoms with Crippen molar-refractivity contribution < 1.29 is 8.42 Å². The fraction of sp³-hybridized carbons (Fsp3) is 1.00. The van der Waals surface area contributed by atoms with Gasteiger partial charge in [0.2, 0.25) is 0 Å². The van der Waals surface area contributed by atoms with Gasteiger partial charge >= 0.3 is 0 Å². The number of hydrogen-bond acceptors (Lipinski definition) is 4. The van der Waals surface area contributed by atoms with Gasteiger partial charge in [-0.3, -0.25) is 0 Å². The van der Waals surface area contributed by atoms with Crippen molar-refractivity contribution in [2.24, 2.45) is 5.92 Å². The SMILES string of the molecule is CC(C)S(=O)(=O)CCN1CCC(CNC2CC2)CC1. The van der Waals surface area contributed by atoms with Gasteiger partial charge in [0.1, 0.15) is 0 Å². The molecule has 0 amide bonds. The van der Waals surface area contributed by atoms with Crippen molar-refractivity contribution in [2.75, 3.05) is 31.9 Å². The molecule has 0 spiro atoms. The number of nitrogens with one attached hydrogen (secondary N) is 1. The van der Waals surface area contributed by atoms with E-state index in [0.29, 0.717) is 12.3 Å². The first-order valence-corrected chi connectivity index (χ1v) is 9.36. The quantitative estimate of drug-likeness (QED) is 0.766. The van der Waals surface area contributed by atoms with Crippen molar-refractivity contribution in [3.8, 4) is 0 Å². The second kappa shape index (κ2) is 6.55. The standard InChI is InChI=1S/C14H28N2O2S/c1-12(2)19(17,18)10-9-16-7-5-13(6-8-16)11-15-14-3-4-14/h12-15H,3-11H2,1-2H3. The molecule has 1 saturated carbocycles. The monoisotopic (exact) mass is 288 g/mol. The third-order valence-corrected chi connectivity index (χ3v) is 6.58. The molecule has 0 radical (unpaired) electrons. The van der Waals surface area contributed by atoms with Gasteiger partial charge in [0.25, 0.3) is 0 Å². The van der Waals surface area contributed by atoms with Crippen molar-refractivity contribution in [3.05, 3.63) is 0 Å². The molecule has 1 aliphatic carbocycles. The Labute approximate surface area is 117 Å². The Hall–Kier alpha value is -0.130. The van der Waals surface area contributed by atoms with Crippen LogP contribution >= 0.6 is 0 Å². The number of nitrogens with zero attached hydrogens (tertiary/aromatic N) is 1. The van der Waals surface area contributed by atoms with Crippen LogP contribution in [0.5, 0.6) is 0 Å². The van der Waals surface area contributed by atoms with E-state index >= 15 is 0 Å². The van der Waals surface area contributed by atoms with Crippen molar-refractivity contribution >= 4 is 9.84 Å². The summed E-state index contributed by atoms with van der Waals surface area (Å²) in [4.78, 5) is 2.31. The minimum atomic E-state index is -2.88. The van der Waals surface area contributed by atoms with Crippen molar-refractivity contribution in [1.82, 2.24) is 10.2 Å². The zero-order chi connectivity index (χ0) is 13.9. The van der Waals surface area contributed by atoms with Crippen molar-refractivity contribution in [2.45, 2.75) is 50.8 Å². The Morgan fingerprint density at radius 3 is 2.32 bits per heavy atom. The van der Waals surface area contributed by atoms with Gasteiger partial charge in [-0.1, -0.05) is 0 Å². The Kier molecular flexibility index (Phi) is 5.26. The number of rotatable bonds is 7. The molecule has 1 aliphatic heterocycles. The summed E-state index contributed by atoms with van der Waals surface area (Å²) in [5.41, 5.74) is 0. The van der Waals surface area contributed by atoms with E-state index in [4.69, 9.17) is 0 Å². The number of likely N-dealkylation sites (tertiary alicyclic amines) is 1. The summed E-state index contributed by atoms with van der Waals surface area (Å²) in [6.07, 6.45) is 5.13. The van der Waals surface area contributed by atoms with Gasteiger partial charge in [-0.25, -0.2) is 8.42 Å². The smallest absolute Gasteiger partial charge is 0.153 e. The van der Waals surface area contributed by atoms with E-state index in [1.54, 1.807) is 13.8 Å². The van der Waals surface area contributed by atoms with Gasteiger partial charge in [-0.2, -0.15) is 0 Å². The highest BCUT2D eigenvalue weighted by Gasteiger charge is 2.25. The Bertz CT molecular complexity index is 369. The summed E-state index contributed by atoms with van der Waals surface area (Å²) in [6.45, 7) is 7.53. The molecule has 1 heterocycles. The summed E-state index contributed by atoms with van der Waals surface area (Å²) in [7, 11) is -2.88. The van der Waals surface area contributed by atoms with Crippen molar-refractivity contribution in [1.29, 1.82) is 0 Å². The number of sulfone groups is 1. The van der Waals surface area contributed by atoms with Gasteiger partial charge in [-0.15, -0.1) is 0 Å². The lowest BCUT2D eigenvalue weighted by Gasteiger charge is -2.32. The second-order valence-corrected chi connectivity index (χ2v) is 9.06. The number of piperidine rings is 1. The van der Waals surface area contributed by atoms with Gasteiger partial charge in [-0.05, 0) is 65.1 Å². The molecule has 2 aliphatic rings. The molecule has 112 valence electrons. The molecule has 0 bridgehead atoms. The van der Waals surface area contributed by atoms with E-state index in [1.807, 2.05) is 0 Å². The minimum absolute atomic E-state index is 0.243. The summed E-state index contributed by atoms with van der Waals surface area (Å²) in [5.74, 6) is 1.11. The van der Waals surface area contributed by atoms with Gasteiger partial charge < -0.3 is 10.2 Å². The first kappa shape index (κ1) is 15.3.